The fraction of sp³-hybridized carbons (Fsp3) is 0.143. The van der Waals surface area contributed by atoms with Crippen LogP contribution in [-0.2, 0) is 9.05 Å². The van der Waals surface area contributed by atoms with Gasteiger partial charge in [-0.3, -0.25) is 0 Å². The fourth-order valence-corrected chi connectivity index (χ4v) is 2.13. The summed E-state index contributed by atoms with van der Waals surface area (Å²) >= 11 is 5.71. The summed E-state index contributed by atoms with van der Waals surface area (Å²) in [5, 5.41) is 0.327. The lowest BCUT2D eigenvalue weighted by Crippen LogP contribution is -1.98. The second kappa shape index (κ2) is 3.36. The van der Waals surface area contributed by atoms with E-state index in [0.29, 0.717) is 10.6 Å². The van der Waals surface area contributed by atoms with Crippen LogP contribution in [0.3, 0.4) is 0 Å². The molecule has 0 spiro atoms. The van der Waals surface area contributed by atoms with Crippen molar-refractivity contribution in [1.82, 2.24) is 0 Å². The van der Waals surface area contributed by atoms with Gasteiger partial charge >= 0.3 is 0 Å². The first-order valence-electron chi connectivity index (χ1n) is 3.32. The Balaban J connectivity index is 3.50. The molecule has 0 atom stereocenters. The van der Waals surface area contributed by atoms with Gasteiger partial charge in [-0.15, -0.1) is 0 Å². The fourth-order valence-electron chi connectivity index (χ4n) is 0.897. The summed E-state index contributed by atoms with van der Waals surface area (Å²) in [6.45, 7) is 1.73. The lowest BCUT2D eigenvalue weighted by Gasteiger charge is -2.04. The molecular weight excluding hydrogens is 233 g/mol. The number of aryl methyl sites for hydroxylation is 1. The molecule has 0 aliphatic heterocycles. The van der Waals surface area contributed by atoms with E-state index in [1.165, 1.54) is 12.1 Å². The molecule has 0 amide bonds. The first-order valence-corrected chi connectivity index (χ1v) is 6.01. The minimum atomic E-state index is -3.81. The molecule has 0 saturated carbocycles. The van der Waals surface area contributed by atoms with Crippen molar-refractivity contribution in [3.63, 3.8) is 0 Å². The SMILES string of the molecule is Cc1cc(N)c(S(=O)(=O)Cl)cc1Cl. The van der Waals surface area contributed by atoms with Gasteiger partial charge in [-0.1, -0.05) is 11.6 Å². The standard InChI is InChI=1S/C7H7Cl2NO2S/c1-4-2-6(10)7(3-5(4)8)13(9,11)12/h2-3H,10H2,1H3. The van der Waals surface area contributed by atoms with Crippen LogP contribution in [-0.4, -0.2) is 8.42 Å². The third-order valence-corrected chi connectivity index (χ3v) is 3.34. The molecule has 0 aliphatic rings. The highest BCUT2D eigenvalue weighted by Crippen LogP contribution is 2.28. The molecule has 1 aromatic rings. The van der Waals surface area contributed by atoms with Crippen LogP contribution in [0.2, 0.25) is 5.02 Å². The maximum Gasteiger partial charge on any atom is 0.263 e. The molecule has 0 aromatic heterocycles. The molecule has 0 saturated heterocycles. The molecular formula is C7H7Cl2NO2S. The predicted molar refractivity (Wildman–Crippen MR) is 53.6 cm³/mol. The zero-order chi connectivity index (χ0) is 10.2. The number of nitrogens with two attached hydrogens (primary N) is 1. The van der Waals surface area contributed by atoms with Gasteiger partial charge in [0, 0.05) is 15.7 Å². The van der Waals surface area contributed by atoms with Gasteiger partial charge in [0.1, 0.15) is 4.90 Å². The van der Waals surface area contributed by atoms with Crippen LogP contribution in [0.15, 0.2) is 17.0 Å². The Morgan fingerprint density at radius 3 is 2.38 bits per heavy atom. The van der Waals surface area contributed by atoms with E-state index in [1.54, 1.807) is 6.92 Å². The summed E-state index contributed by atoms with van der Waals surface area (Å²) < 4.78 is 21.9. The van der Waals surface area contributed by atoms with Gasteiger partial charge in [0.25, 0.3) is 9.05 Å². The summed E-state index contributed by atoms with van der Waals surface area (Å²) in [7, 11) is 1.31. The second-order valence-corrected chi connectivity index (χ2v) is 5.52. The van der Waals surface area contributed by atoms with Gasteiger partial charge in [0.15, 0.2) is 0 Å². The normalized spacial score (nSPS) is 11.6. The van der Waals surface area contributed by atoms with Crippen molar-refractivity contribution in [1.29, 1.82) is 0 Å². The average molecular weight is 240 g/mol. The average Bonchev–Trinajstić information content (AvgIpc) is 1.94. The Morgan fingerprint density at radius 2 is 1.92 bits per heavy atom. The molecule has 0 unspecified atom stereocenters. The number of anilines is 1. The lowest BCUT2D eigenvalue weighted by atomic mass is 10.2. The zero-order valence-corrected chi connectivity index (χ0v) is 9.04. The first kappa shape index (κ1) is 10.6. The molecule has 6 heteroatoms. The van der Waals surface area contributed by atoms with Crippen molar-refractivity contribution in [3.8, 4) is 0 Å². The van der Waals surface area contributed by atoms with Crippen LogP contribution < -0.4 is 5.73 Å². The summed E-state index contributed by atoms with van der Waals surface area (Å²) in [4.78, 5) is -0.148. The van der Waals surface area contributed by atoms with E-state index in [0.717, 1.165) is 0 Å². The van der Waals surface area contributed by atoms with Gasteiger partial charge in [0.2, 0.25) is 0 Å². The molecule has 0 radical (unpaired) electrons. The zero-order valence-electron chi connectivity index (χ0n) is 6.71. The smallest absolute Gasteiger partial charge is 0.263 e. The quantitative estimate of drug-likeness (QED) is 0.604. The van der Waals surface area contributed by atoms with E-state index in [1.807, 2.05) is 0 Å². The topological polar surface area (TPSA) is 60.2 Å². The number of hydrogen-bond donors (Lipinski definition) is 1. The Bertz CT molecular complexity index is 442. The summed E-state index contributed by atoms with van der Waals surface area (Å²) in [6, 6.07) is 2.71. The Labute approximate surface area is 85.9 Å². The molecule has 0 fully saturated rings. The molecule has 13 heavy (non-hydrogen) atoms. The highest BCUT2D eigenvalue weighted by atomic mass is 35.7. The Morgan fingerprint density at radius 1 is 1.38 bits per heavy atom. The van der Waals surface area contributed by atoms with Crippen molar-refractivity contribution in [3.05, 3.63) is 22.7 Å². The Kier molecular flexibility index (Phi) is 2.75. The molecule has 0 bridgehead atoms. The molecule has 72 valence electrons. The summed E-state index contributed by atoms with van der Waals surface area (Å²) in [5.41, 5.74) is 6.27. The van der Waals surface area contributed by atoms with E-state index in [4.69, 9.17) is 28.0 Å². The van der Waals surface area contributed by atoms with Gasteiger partial charge in [-0.05, 0) is 24.6 Å². The largest absolute Gasteiger partial charge is 0.398 e. The van der Waals surface area contributed by atoms with Crippen LogP contribution in [0, 0.1) is 6.92 Å². The Hall–Kier alpha value is -0.450. The lowest BCUT2D eigenvalue weighted by molar-refractivity contribution is 0.610. The van der Waals surface area contributed by atoms with Crippen LogP contribution in [0.25, 0.3) is 0 Å². The number of benzene rings is 1. The van der Waals surface area contributed by atoms with E-state index in [2.05, 4.69) is 0 Å². The van der Waals surface area contributed by atoms with Crippen LogP contribution in [0.4, 0.5) is 5.69 Å². The summed E-state index contributed by atoms with van der Waals surface area (Å²) in [5.74, 6) is 0. The molecule has 3 nitrogen and oxygen atoms in total. The van der Waals surface area contributed by atoms with Crippen LogP contribution >= 0.6 is 22.3 Å². The van der Waals surface area contributed by atoms with E-state index in [-0.39, 0.29) is 10.6 Å². The van der Waals surface area contributed by atoms with Crippen LogP contribution in [0.5, 0.6) is 0 Å². The highest BCUT2D eigenvalue weighted by molar-refractivity contribution is 8.13. The number of hydrogen-bond acceptors (Lipinski definition) is 3. The van der Waals surface area contributed by atoms with E-state index >= 15 is 0 Å². The monoisotopic (exact) mass is 239 g/mol. The van der Waals surface area contributed by atoms with Crippen molar-refractivity contribution in [2.45, 2.75) is 11.8 Å². The van der Waals surface area contributed by atoms with E-state index in [9.17, 15) is 8.42 Å². The minimum Gasteiger partial charge on any atom is -0.398 e. The van der Waals surface area contributed by atoms with E-state index < -0.39 is 9.05 Å². The predicted octanol–water partition coefficient (Wildman–Crippen LogP) is 2.16. The third-order valence-electron chi connectivity index (χ3n) is 1.55. The number of halogens is 2. The van der Waals surface area contributed by atoms with Crippen molar-refractivity contribution in [2.75, 3.05) is 5.73 Å². The van der Waals surface area contributed by atoms with Gasteiger partial charge in [-0.25, -0.2) is 8.42 Å². The highest BCUT2D eigenvalue weighted by Gasteiger charge is 2.15. The van der Waals surface area contributed by atoms with Crippen molar-refractivity contribution in [2.24, 2.45) is 0 Å². The van der Waals surface area contributed by atoms with Crippen molar-refractivity contribution >= 4 is 37.0 Å². The van der Waals surface area contributed by atoms with Gasteiger partial charge < -0.3 is 5.73 Å². The van der Waals surface area contributed by atoms with Crippen molar-refractivity contribution < 1.29 is 8.42 Å². The number of rotatable bonds is 1. The third kappa shape index (κ3) is 2.27. The number of nitrogen functional groups attached to an aromatic ring is 1. The van der Waals surface area contributed by atoms with Gasteiger partial charge in [0.05, 0.1) is 5.69 Å². The molecule has 1 rings (SSSR count). The molecule has 1 aromatic carbocycles. The molecule has 2 N–H and O–H groups in total. The second-order valence-electron chi connectivity index (χ2n) is 2.58. The van der Waals surface area contributed by atoms with Gasteiger partial charge in [-0.2, -0.15) is 0 Å². The first-order chi connectivity index (χ1) is 5.82. The molecule has 0 heterocycles. The summed E-state index contributed by atoms with van der Waals surface area (Å²) in [6.07, 6.45) is 0. The molecule has 0 aliphatic carbocycles. The minimum absolute atomic E-state index is 0.108. The maximum absolute atomic E-state index is 10.9. The van der Waals surface area contributed by atoms with Crippen LogP contribution in [0.1, 0.15) is 5.56 Å². The maximum atomic E-state index is 10.9.